The smallest absolute Gasteiger partial charge is 0.258 e. The molecule has 182 valence electrons. The zero-order chi connectivity index (χ0) is 25.2. The summed E-state index contributed by atoms with van der Waals surface area (Å²) >= 11 is 6.14. The van der Waals surface area contributed by atoms with Crippen molar-refractivity contribution < 1.29 is 13.2 Å². The Morgan fingerprint density at radius 1 is 0.971 bits per heavy atom. The van der Waals surface area contributed by atoms with Crippen LogP contribution in [0.4, 0.5) is 11.4 Å². The van der Waals surface area contributed by atoms with E-state index >= 15 is 0 Å². The van der Waals surface area contributed by atoms with Gasteiger partial charge in [0.1, 0.15) is 0 Å². The van der Waals surface area contributed by atoms with Gasteiger partial charge in [-0.2, -0.15) is 0 Å². The minimum Gasteiger partial charge on any atom is -0.354 e. The number of anilines is 2. The lowest BCUT2D eigenvalue weighted by Gasteiger charge is -2.16. The minimum atomic E-state index is -3.30. The monoisotopic (exact) mass is 510 g/mol. The quantitative estimate of drug-likeness (QED) is 0.391. The van der Waals surface area contributed by atoms with E-state index in [2.05, 4.69) is 20.3 Å². The van der Waals surface area contributed by atoms with Crippen molar-refractivity contribution in [1.82, 2.24) is 9.62 Å². The lowest BCUT2D eigenvalue weighted by atomic mass is 9.99. The Balaban J connectivity index is 1.74. The molecule has 1 amide bonds. The van der Waals surface area contributed by atoms with E-state index in [0.717, 1.165) is 35.2 Å². The van der Waals surface area contributed by atoms with Crippen molar-refractivity contribution in [3.63, 3.8) is 0 Å². The third-order valence-corrected chi connectivity index (χ3v) is 6.38. The van der Waals surface area contributed by atoms with Crippen LogP contribution in [0.5, 0.6) is 0 Å². The van der Waals surface area contributed by atoms with Crippen molar-refractivity contribution in [2.24, 2.45) is 0 Å². The number of amides is 1. The van der Waals surface area contributed by atoms with Crippen molar-refractivity contribution in [3.8, 4) is 0 Å². The summed E-state index contributed by atoms with van der Waals surface area (Å²) in [5.74, 6) is -0.225. The SMILES string of the molecule is CN(C)Cc1ccc(N/C(=C2\C(=O)Nc3cc(Cl)ccc32)c2ccc(CNS(C)(=O)=O)cc2)cc1. The molecule has 0 aliphatic carbocycles. The molecule has 3 N–H and O–H groups in total. The molecule has 1 heterocycles. The molecule has 0 bridgehead atoms. The standard InChI is InChI=1S/C26H27ClN4O3S/c1-31(2)16-18-6-11-21(12-7-18)29-25(19-8-4-17(5-9-19)15-28-35(3,33)34)24-22-13-10-20(27)14-23(22)30-26(24)32/h4-14,28-29H,15-16H2,1-3H3,(H,30,32)/b25-24-. The van der Waals surface area contributed by atoms with Crippen LogP contribution in [0.15, 0.2) is 66.7 Å². The number of carbonyl (C=O) groups is 1. The molecular formula is C26H27ClN4O3S. The fourth-order valence-electron chi connectivity index (χ4n) is 3.88. The second kappa shape index (κ2) is 10.2. The Morgan fingerprint density at radius 2 is 1.63 bits per heavy atom. The van der Waals surface area contributed by atoms with E-state index in [9.17, 15) is 13.2 Å². The van der Waals surface area contributed by atoms with Gasteiger partial charge in [-0.15, -0.1) is 0 Å². The van der Waals surface area contributed by atoms with Gasteiger partial charge in [-0.1, -0.05) is 54.1 Å². The first-order valence-corrected chi connectivity index (χ1v) is 13.3. The number of nitrogens with zero attached hydrogens (tertiary/aromatic N) is 1. The molecule has 7 nitrogen and oxygen atoms in total. The molecule has 4 rings (SSSR count). The Hall–Kier alpha value is -3.17. The van der Waals surface area contributed by atoms with E-state index in [1.54, 1.807) is 12.1 Å². The van der Waals surface area contributed by atoms with Crippen LogP contribution in [0, 0.1) is 0 Å². The second-order valence-corrected chi connectivity index (χ2v) is 11.0. The molecule has 0 radical (unpaired) electrons. The molecule has 0 aromatic heterocycles. The van der Waals surface area contributed by atoms with E-state index in [-0.39, 0.29) is 12.5 Å². The first-order valence-electron chi connectivity index (χ1n) is 11.0. The maximum atomic E-state index is 13.1. The van der Waals surface area contributed by atoms with Crippen molar-refractivity contribution in [3.05, 3.63) is 94.0 Å². The van der Waals surface area contributed by atoms with Gasteiger partial charge in [0.05, 0.1) is 23.2 Å². The van der Waals surface area contributed by atoms with Gasteiger partial charge >= 0.3 is 0 Å². The number of carbonyl (C=O) groups excluding carboxylic acids is 1. The number of benzene rings is 3. The molecule has 3 aromatic rings. The molecule has 0 atom stereocenters. The highest BCUT2D eigenvalue weighted by Crippen LogP contribution is 2.38. The van der Waals surface area contributed by atoms with Crippen LogP contribution in [-0.4, -0.2) is 39.6 Å². The highest BCUT2D eigenvalue weighted by Gasteiger charge is 2.28. The van der Waals surface area contributed by atoms with Crippen molar-refractivity contribution in [2.75, 3.05) is 31.0 Å². The number of rotatable bonds is 8. The van der Waals surface area contributed by atoms with Gasteiger partial charge in [0.15, 0.2) is 0 Å². The molecule has 3 aromatic carbocycles. The van der Waals surface area contributed by atoms with Gasteiger partial charge in [0.25, 0.3) is 5.91 Å². The third-order valence-electron chi connectivity index (χ3n) is 5.48. The molecule has 0 saturated heterocycles. The Kier molecular flexibility index (Phi) is 7.28. The van der Waals surface area contributed by atoms with Crippen molar-refractivity contribution in [1.29, 1.82) is 0 Å². The summed E-state index contributed by atoms with van der Waals surface area (Å²) < 4.78 is 25.4. The summed E-state index contributed by atoms with van der Waals surface area (Å²) in [6.07, 6.45) is 1.13. The topological polar surface area (TPSA) is 90.5 Å². The maximum absolute atomic E-state index is 13.1. The van der Waals surface area contributed by atoms with Crippen LogP contribution < -0.4 is 15.4 Å². The number of halogens is 1. The summed E-state index contributed by atoms with van der Waals surface area (Å²) in [7, 11) is 0.744. The summed E-state index contributed by atoms with van der Waals surface area (Å²) in [4.78, 5) is 15.2. The minimum absolute atomic E-state index is 0.188. The zero-order valence-corrected chi connectivity index (χ0v) is 21.3. The third kappa shape index (κ3) is 6.29. The van der Waals surface area contributed by atoms with Gasteiger partial charge in [0, 0.05) is 29.4 Å². The van der Waals surface area contributed by atoms with Gasteiger partial charge in [-0.05, 0) is 55.1 Å². The highest BCUT2D eigenvalue weighted by molar-refractivity contribution is 7.88. The summed E-state index contributed by atoms with van der Waals surface area (Å²) in [6, 6.07) is 20.8. The highest BCUT2D eigenvalue weighted by atomic mass is 35.5. The van der Waals surface area contributed by atoms with Crippen LogP contribution in [0.3, 0.4) is 0 Å². The Labute approximate surface area is 210 Å². The fraction of sp³-hybridized carbons (Fsp3) is 0.192. The number of nitrogens with one attached hydrogen (secondary N) is 3. The summed E-state index contributed by atoms with van der Waals surface area (Å²) in [5, 5.41) is 6.88. The number of fused-ring (bicyclic) bond motifs is 1. The predicted octanol–water partition coefficient (Wildman–Crippen LogP) is 4.38. The zero-order valence-electron chi connectivity index (χ0n) is 19.7. The Morgan fingerprint density at radius 3 is 2.26 bits per heavy atom. The molecule has 9 heteroatoms. The average molecular weight is 511 g/mol. The molecule has 0 unspecified atom stereocenters. The van der Waals surface area contributed by atoms with Crippen molar-refractivity contribution in [2.45, 2.75) is 13.1 Å². The molecule has 35 heavy (non-hydrogen) atoms. The van der Waals surface area contributed by atoms with E-state index in [4.69, 9.17) is 11.6 Å². The fourth-order valence-corrected chi connectivity index (χ4v) is 4.48. The normalized spacial score (nSPS) is 14.6. The second-order valence-electron chi connectivity index (χ2n) is 8.74. The molecule has 1 aliphatic rings. The van der Waals surface area contributed by atoms with Crippen LogP contribution in [0.1, 0.15) is 22.3 Å². The van der Waals surface area contributed by atoms with Crippen molar-refractivity contribution >= 4 is 50.2 Å². The van der Waals surface area contributed by atoms with E-state index < -0.39 is 10.0 Å². The van der Waals surface area contributed by atoms with E-state index in [1.165, 1.54) is 5.56 Å². The van der Waals surface area contributed by atoms with Crippen LogP contribution >= 0.6 is 11.6 Å². The predicted molar refractivity (Wildman–Crippen MR) is 142 cm³/mol. The number of hydrogen-bond donors (Lipinski definition) is 3. The first-order chi connectivity index (χ1) is 16.6. The van der Waals surface area contributed by atoms with E-state index in [0.29, 0.717) is 22.0 Å². The average Bonchev–Trinajstić information content (AvgIpc) is 3.11. The number of hydrogen-bond acceptors (Lipinski definition) is 5. The van der Waals surface area contributed by atoms with E-state index in [1.807, 2.05) is 68.7 Å². The molecular weight excluding hydrogens is 484 g/mol. The van der Waals surface area contributed by atoms with Gasteiger partial charge < -0.3 is 15.5 Å². The van der Waals surface area contributed by atoms with Gasteiger partial charge in [0.2, 0.25) is 10.0 Å². The lowest BCUT2D eigenvalue weighted by molar-refractivity contribution is -0.110. The maximum Gasteiger partial charge on any atom is 0.258 e. The molecule has 0 fully saturated rings. The molecule has 0 saturated carbocycles. The Bertz CT molecular complexity index is 1380. The number of sulfonamides is 1. The largest absolute Gasteiger partial charge is 0.354 e. The molecule has 1 aliphatic heterocycles. The lowest BCUT2D eigenvalue weighted by Crippen LogP contribution is -2.21. The first kappa shape index (κ1) is 24.9. The summed E-state index contributed by atoms with van der Waals surface area (Å²) in [6.45, 7) is 1.02. The van der Waals surface area contributed by atoms with Gasteiger partial charge in [-0.25, -0.2) is 13.1 Å². The molecule has 0 spiro atoms. The summed E-state index contributed by atoms with van der Waals surface area (Å²) in [5.41, 5.74) is 6.19. The van der Waals surface area contributed by atoms with Crippen LogP contribution in [0.2, 0.25) is 5.02 Å². The van der Waals surface area contributed by atoms with Gasteiger partial charge in [-0.3, -0.25) is 4.79 Å². The van der Waals surface area contributed by atoms with Crippen LogP contribution in [0.25, 0.3) is 11.3 Å². The van der Waals surface area contributed by atoms with Crippen LogP contribution in [-0.2, 0) is 27.9 Å².